The average Bonchev–Trinajstić information content (AvgIpc) is 1.87. The molecule has 0 amide bonds. The zero-order valence-electron chi connectivity index (χ0n) is 6.95. The van der Waals surface area contributed by atoms with Gasteiger partial charge in [0, 0.05) is 5.54 Å². The van der Waals surface area contributed by atoms with Crippen molar-refractivity contribution in [2.75, 3.05) is 0 Å². The summed E-state index contributed by atoms with van der Waals surface area (Å²) in [7, 11) is 0. The van der Waals surface area contributed by atoms with E-state index in [1.54, 1.807) is 5.54 Å². The molecular weight excluding hydrogens is 144 g/mol. The molecule has 0 radical (unpaired) electrons. The molecule has 0 fully saturated rings. The van der Waals surface area contributed by atoms with Crippen molar-refractivity contribution in [3.05, 3.63) is 22.8 Å². The lowest BCUT2D eigenvalue weighted by molar-refractivity contribution is 0.970. The summed E-state index contributed by atoms with van der Waals surface area (Å²) in [4.78, 5) is 0. The second-order valence-corrected chi connectivity index (χ2v) is 2.99. The normalized spacial score (nSPS) is 11.4. The fourth-order valence-corrected chi connectivity index (χ4v) is 0.752. The highest BCUT2D eigenvalue weighted by Crippen LogP contribution is 2.06. The van der Waals surface area contributed by atoms with Crippen LogP contribution >= 0.6 is 11.6 Å². The second-order valence-electron chi connectivity index (χ2n) is 2.78. The third kappa shape index (κ3) is 5.90. The summed E-state index contributed by atoms with van der Waals surface area (Å²) in [6.45, 7) is 6.27. The molecule has 0 bridgehead atoms. The molecule has 0 N–H and O–H groups in total. The van der Waals surface area contributed by atoms with E-state index in [9.17, 15) is 0 Å². The summed E-state index contributed by atoms with van der Waals surface area (Å²) in [6, 6.07) is 0. The van der Waals surface area contributed by atoms with Crippen LogP contribution in [0.15, 0.2) is 22.8 Å². The van der Waals surface area contributed by atoms with Crippen LogP contribution in [0.2, 0.25) is 0 Å². The van der Waals surface area contributed by atoms with Gasteiger partial charge in [-0.05, 0) is 33.6 Å². The first-order valence-corrected chi connectivity index (χ1v) is 3.99. The van der Waals surface area contributed by atoms with Crippen LogP contribution in [0.5, 0.6) is 0 Å². The number of hydrogen-bond donors (Lipinski definition) is 0. The number of allylic oxidation sites excluding steroid dienone is 3. The van der Waals surface area contributed by atoms with Gasteiger partial charge < -0.3 is 0 Å². The molecule has 0 rings (SSSR count). The van der Waals surface area contributed by atoms with Gasteiger partial charge in [0.15, 0.2) is 0 Å². The number of hydrogen-bond acceptors (Lipinski definition) is 0. The van der Waals surface area contributed by atoms with Gasteiger partial charge in [-0.15, -0.1) is 0 Å². The van der Waals surface area contributed by atoms with Crippen LogP contribution < -0.4 is 0 Å². The Hall–Kier alpha value is -0.230. The van der Waals surface area contributed by atoms with E-state index < -0.39 is 0 Å². The molecule has 0 spiro atoms. The van der Waals surface area contributed by atoms with Gasteiger partial charge in [-0.3, -0.25) is 0 Å². The maximum atomic E-state index is 5.48. The van der Waals surface area contributed by atoms with E-state index in [0.29, 0.717) is 0 Å². The van der Waals surface area contributed by atoms with Crippen LogP contribution in [0.1, 0.15) is 33.6 Å². The monoisotopic (exact) mass is 158 g/mol. The molecule has 0 unspecified atom stereocenters. The van der Waals surface area contributed by atoms with Crippen LogP contribution in [0.25, 0.3) is 0 Å². The van der Waals surface area contributed by atoms with Crippen molar-refractivity contribution in [2.24, 2.45) is 0 Å². The standard InChI is InChI=1S/C9H15Cl/c1-8(2)5-4-6-9(3)7-10/h5,7H,4,6H2,1-3H3. The molecule has 0 aromatic heterocycles. The summed E-state index contributed by atoms with van der Waals surface area (Å²) in [5, 5.41) is 0. The minimum atomic E-state index is 1.08. The quantitative estimate of drug-likeness (QED) is 0.547. The van der Waals surface area contributed by atoms with Gasteiger partial charge in [0.05, 0.1) is 0 Å². The first-order chi connectivity index (χ1) is 4.66. The lowest BCUT2D eigenvalue weighted by atomic mass is 10.1. The third-order valence-corrected chi connectivity index (χ3v) is 1.65. The van der Waals surface area contributed by atoms with Crippen molar-refractivity contribution < 1.29 is 0 Å². The molecule has 10 heavy (non-hydrogen) atoms. The minimum Gasteiger partial charge on any atom is -0.0930 e. The Kier molecular flexibility index (Phi) is 5.42. The molecule has 0 aliphatic heterocycles. The van der Waals surface area contributed by atoms with E-state index in [4.69, 9.17) is 11.6 Å². The predicted molar refractivity (Wildman–Crippen MR) is 48.3 cm³/mol. The first kappa shape index (κ1) is 9.77. The molecule has 0 heterocycles. The summed E-state index contributed by atoms with van der Waals surface area (Å²) in [5.41, 5.74) is 4.28. The van der Waals surface area contributed by atoms with Crippen LogP contribution in [0.4, 0.5) is 0 Å². The molecule has 0 saturated carbocycles. The van der Waals surface area contributed by atoms with Gasteiger partial charge >= 0.3 is 0 Å². The van der Waals surface area contributed by atoms with Crippen molar-refractivity contribution in [3.8, 4) is 0 Å². The van der Waals surface area contributed by atoms with Gasteiger partial charge in [0.2, 0.25) is 0 Å². The van der Waals surface area contributed by atoms with Gasteiger partial charge in [-0.2, -0.15) is 0 Å². The molecule has 0 aromatic carbocycles. The maximum absolute atomic E-state index is 5.48. The molecule has 1 heteroatoms. The largest absolute Gasteiger partial charge is 0.0930 e. The molecule has 0 nitrogen and oxygen atoms in total. The van der Waals surface area contributed by atoms with Gasteiger partial charge in [0.25, 0.3) is 0 Å². The zero-order valence-corrected chi connectivity index (χ0v) is 7.70. The molecule has 0 aliphatic carbocycles. The Morgan fingerprint density at radius 1 is 1.30 bits per heavy atom. The Morgan fingerprint density at radius 2 is 1.90 bits per heavy atom. The first-order valence-electron chi connectivity index (χ1n) is 3.56. The Bertz CT molecular complexity index is 139. The molecule has 0 atom stereocenters. The highest BCUT2D eigenvalue weighted by molar-refractivity contribution is 6.25. The highest BCUT2D eigenvalue weighted by atomic mass is 35.5. The second kappa shape index (κ2) is 5.55. The van der Waals surface area contributed by atoms with Crippen LogP contribution in [0, 0.1) is 0 Å². The van der Waals surface area contributed by atoms with E-state index in [2.05, 4.69) is 19.9 Å². The van der Waals surface area contributed by atoms with Crippen molar-refractivity contribution in [1.82, 2.24) is 0 Å². The predicted octanol–water partition coefficient (Wildman–Crippen LogP) is 3.88. The van der Waals surface area contributed by atoms with E-state index in [-0.39, 0.29) is 0 Å². The fourth-order valence-electron chi connectivity index (χ4n) is 0.643. The van der Waals surface area contributed by atoms with Crippen molar-refractivity contribution in [3.63, 3.8) is 0 Å². The summed E-state index contributed by atoms with van der Waals surface area (Å²) >= 11 is 5.48. The zero-order chi connectivity index (χ0) is 7.98. The van der Waals surface area contributed by atoms with Gasteiger partial charge in [-0.1, -0.05) is 28.8 Å². The van der Waals surface area contributed by atoms with Crippen molar-refractivity contribution in [1.29, 1.82) is 0 Å². The SMILES string of the molecule is CC(C)=CCCC(C)=CCl. The summed E-state index contributed by atoms with van der Waals surface area (Å²) in [5.74, 6) is 0. The number of halogens is 1. The van der Waals surface area contributed by atoms with E-state index in [0.717, 1.165) is 12.8 Å². The van der Waals surface area contributed by atoms with Crippen molar-refractivity contribution in [2.45, 2.75) is 33.6 Å². The van der Waals surface area contributed by atoms with Crippen LogP contribution in [-0.4, -0.2) is 0 Å². The summed E-state index contributed by atoms with van der Waals surface area (Å²) in [6.07, 6.45) is 4.41. The van der Waals surface area contributed by atoms with Gasteiger partial charge in [-0.25, -0.2) is 0 Å². The topological polar surface area (TPSA) is 0 Å². The Labute approximate surface area is 68.6 Å². The van der Waals surface area contributed by atoms with E-state index >= 15 is 0 Å². The molecule has 0 aliphatic rings. The molecular formula is C9H15Cl. The molecule has 0 aromatic rings. The lowest BCUT2D eigenvalue weighted by Gasteiger charge is -1.94. The average molecular weight is 159 g/mol. The smallest absolute Gasteiger partial charge is 0.00317 e. The minimum absolute atomic E-state index is 1.08. The highest BCUT2D eigenvalue weighted by Gasteiger charge is 1.85. The third-order valence-electron chi connectivity index (χ3n) is 1.28. The molecule has 58 valence electrons. The van der Waals surface area contributed by atoms with Crippen LogP contribution in [0.3, 0.4) is 0 Å². The Balaban J connectivity index is 3.47. The fraction of sp³-hybridized carbons (Fsp3) is 0.556. The lowest BCUT2D eigenvalue weighted by Crippen LogP contribution is -1.74. The van der Waals surface area contributed by atoms with Crippen LogP contribution in [-0.2, 0) is 0 Å². The summed E-state index contributed by atoms with van der Waals surface area (Å²) < 4.78 is 0. The van der Waals surface area contributed by atoms with E-state index in [1.807, 2.05) is 6.92 Å². The van der Waals surface area contributed by atoms with Crippen molar-refractivity contribution >= 4 is 11.6 Å². The van der Waals surface area contributed by atoms with Gasteiger partial charge in [0.1, 0.15) is 0 Å². The Morgan fingerprint density at radius 3 is 2.30 bits per heavy atom. The molecule has 0 saturated heterocycles. The van der Waals surface area contributed by atoms with E-state index in [1.165, 1.54) is 11.1 Å². The number of rotatable bonds is 3. The maximum Gasteiger partial charge on any atom is 0.00317 e.